The number of aryl methyl sites for hydroxylation is 2. The Kier molecular flexibility index (Phi) is 5.75. The standard InChI is InChI=1S/C21H23N3O4/c1-13-5-6-19(28-4)18(11-13)23-20(25)15-12-16-17(22-14(15)2)7-8-24(21(16)26)9-10-27-3/h5-8,11-12H,9-10H2,1-4H3,(H,23,25). The minimum atomic E-state index is -0.345. The molecule has 3 rings (SSSR count). The fourth-order valence-corrected chi connectivity index (χ4v) is 3.01. The van der Waals surface area contributed by atoms with Crippen LogP contribution in [0.15, 0.2) is 41.3 Å². The van der Waals surface area contributed by atoms with Crippen LogP contribution in [0.1, 0.15) is 21.6 Å². The fraction of sp³-hybridized carbons (Fsp3) is 0.286. The van der Waals surface area contributed by atoms with Crippen molar-refractivity contribution in [1.82, 2.24) is 9.55 Å². The van der Waals surface area contributed by atoms with E-state index in [4.69, 9.17) is 9.47 Å². The number of ether oxygens (including phenoxy) is 2. The van der Waals surface area contributed by atoms with Gasteiger partial charge < -0.3 is 19.4 Å². The lowest BCUT2D eigenvalue weighted by molar-refractivity contribution is 0.102. The zero-order chi connectivity index (χ0) is 20.3. The monoisotopic (exact) mass is 381 g/mol. The van der Waals surface area contributed by atoms with E-state index in [1.165, 1.54) is 0 Å². The van der Waals surface area contributed by atoms with E-state index in [0.29, 0.717) is 46.7 Å². The van der Waals surface area contributed by atoms with E-state index < -0.39 is 0 Å². The van der Waals surface area contributed by atoms with Gasteiger partial charge >= 0.3 is 0 Å². The van der Waals surface area contributed by atoms with Gasteiger partial charge in [-0.3, -0.25) is 14.6 Å². The topological polar surface area (TPSA) is 82.5 Å². The largest absolute Gasteiger partial charge is 0.495 e. The van der Waals surface area contributed by atoms with Crippen molar-refractivity contribution in [2.24, 2.45) is 0 Å². The summed E-state index contributed by atoms with van der Waals surface area (Å²) in [6, 6.07) is 8.90. The van der Waals surface area contributed by atoms with Gasteiger partial charge in [-0.1, -0.05) is 6.07 Å². The Morgan fingerprint density at radius 3 is 2.68 bits per heavy atom. The molecule has 1 aromatic carbocycles. The molecule has 1 N–H and O–H groups in total. The van der Waals surface area contributed by atoms with Gasteiger partial charge in [-0.2, -0.15) is 0 Å². The van der Waals surface area contributed by atoms with Crippen molar-refractivity contribution in [3.05, 3.63) is 63.7 Å². The Morgan fingerprint density at radius 2 is 1.96 bits per heavy atom. The Morgan fingerprint density at radius 1 is 1.18 bits per heavy atom. The van der Waals surface area contributed by atoms with E-state index in [1.807, 2.05) is 19.1 Å². The number of rotatable bonds is 6. The number of hydrogen-bond acceptors (Lipinski definition) is 5. The zero-order valence-corrected chi connectivity index (χ0v) is 16.4. The molecule has 2 aromatic heterocycles. The molecule has 2 heterocycles. The van der Waals surface area contributed by atoms with E-state index in [2.05, 4.69) is 10.3 Å². The molecule has 0 unspecified atom stereocenters. The Balaban J connectivity index is 2.01. The number of carbonyl (C=O) groups is 1. The van der Waals surface area contributed by atoms with Crippen LogP contribution >= 0.6 is 0 Å². The van der Waals surface area contributed by atoms with Crippen molar-refractivity contribution < 1.29 is 14.3 Å². The second kappa shape index (κ2) is 8.22. The van der Waals surface area contributed by atoms with Crippen molar-refractivity contribution in [2.45, 2.75) is 20.4 Å². The molecule has 7 nitrogen and oxygen atoms in total. The third-order valence-electron chi connectivity index (χ3n) is 4.53. The molecule has 0 fully saturated rings. The Bertz CT molecular complexity index is 1090. The SMILES string of the molecule is COCCn1ccc2nc(C)c(C(=O)Nc3cc(C)ccc3OC)cc2c1=O. The van der Waals surface area contributed by atoms with Gasteiger partial charge in [-0.25, -0.2) is 0 Å². The molecule has 0 aliphatic rings. The number of benzene rings is 1. The lowest BCUT2D eigenvalue weighted by Gasteiger charge is -2.13. The summed E-state index contributed by atoms with van der Waals surface area (Å²) < 4.78 is 11.9. The van der Waals surface area contributed by atoms with Gasteiger partial charge in [0.1, 0.15) is 5.75 Å². The molecule has 0 spiro atoms. The highest BCUT2D eigenvalue weighted by atomic mass is 16.5. The molecule has 146 valence electrons. The number of hydrogen-bond donors (Lipinski definition) is 1. The predicted molar refractivity (Wildman–Crippen MR) is 108 cm³/mol. The van der Waals surface area contributed by atoms with Crippen LogP contribution in [0.2, 0.25) is 0 Å². The van der Waals surface area contributed by atoms with Crippen molar-refractivity contribution in [3.63, 3.8) is 0 Å². The highest BCUT2D eigenvalue weighted by molar-refractivity contribution is 6.07. The van der Waals surface area contributed by atoms with E-state index >= 15 is 0 Å². The number of amides is 1. The first kappa shape index (κ1) is 19.6. The molecule has 3 aromatic rings. The average molecular weight is 381 g/mol. The number of carbonyl (C=O) groups excluding carboxylic acids is 1. The van der Waals surface area contributed by atoms with Crippen molar-refractivity contribution in [3.8, 4) is 5.75 Å². The van der Waals surface area contributed by atoms with Gasteiger partial charge in [0.15, 0.2) is 0 Å². The first-order valence-electron chi connectivity index (χ1n) is 8.90. The molecular formula is C21H23N3O4. The summed E-state index contributed by atoms with van der Waals surface area (Å²) in [5.41, 5.74) is 2.80. The third kappa shape index (κ3) is 3.89. The lowest BCUT2D eigenvalue weighted by Crippen LogP contribution is -2.23. The molecule has 28 heavy (non-hydrogen) atoms. The molecule has 0 bridgehead atoms. The molecule has 0 radical (unpaired) electrons. The minimum absolute atomic E-state index is 0.204. The van der Waals surface area contributed by atoms with Crippen LogP contribution in [-0.2, 0) is 11.3 Å². The number of anilines is 1. The van der Waals surface area contributed by atoms with Crippen LogP contribution in [0.4, 0.5) is 5.69 Å². The summed E-state index contributed by atoms with van der Waals surface area (Å²) in [6.07, 6.45) is 1.69. The van der Waals surface area contributed by atoms with E-state index in [-0.39, 0.29) is 11.5 Å². The molecule has 0 aliphatic heterocycles. The van der Waals surface area contributed by atoms with E-state index in [0.717, 1.165) is 5.56 Å². The quantitative estimate of drug-likeness (QED) is 0.710. The van der Waals surface area contributed by atoms with Crippen LogP contribution in [0.5, 0.6) is 5.75 Å². The molecule has 0 atom stereocenters. The minimum Gasteiger partial charge on any atom is -0.495 e. The normalized spacial score (nSPS) is 10.9. The van der Waals surface area contributed by atoms with Gasteiger partial charge in [-0.15, -0.1) is 0 Å². The maximum atomic E-state index is 12.9. The summed E-state index contributed by atoms with van der Waals surface area (Å²) in [7, 11) is 3.13. The predicted octanol–water partition coefficient (Wildman–Crippen LogP) is 2.92. The molecule has 0 saturated heterocycles. The molecule has 0 saturated carbocycles. The number of pyridine rings is 2. The van der Waals surface area contributed by atoms with Gasteiger partial charge in [0.05, 0.1) is 41.6 Å². The molecule has 0 aliphatic carbocycles. The van der Waals surface area contributed by atoms with Crippen molar-refractivity contribution in [1.29, 1.82) is 0 Å². The van der Waals surface area contributed by atoms with Crippen LogP contribution in [0.3, 0.4) is 0 Å². The van der Waals surface area contributed by atoms with Crippen LogP contribution in [0, 0.1) is 13.8 Å². The van der Waals surface area contributed by atoms with E-state index in [9.17, 15) is 9.59 Å². The van der Waals surface area contributed by atoms with Crippen molar-refractivity contribution >= 4 is 22.5 Å². The van der Waals surface area contributed by atoms with Gasteiger partial charge in [0.25, 0.3) is 11.5 Å². The highest BCUT2D eigenvalue weighted by Gasteiger charge is 2.16. The highest BCUT2D eigenvalue weighted by Crippen LogP contribution is 2.26. The fourth-order valence-electron chi connectivity index (χ4n) is 3.01. The summed E-state index contributed by atoms with van der Waals surface area (Å²) in [5, 5.41) is 3.25. The Hall–Kier alpha value is -3.19. The van der Waals surface area contributed by atoms with Gasteiger partial charge in [0, 0.05) is 19.9 Å². The molecular weight excluding hydrogens is 358 g/mol. The second-order valence-electron chi connectivity index (χ2n) is 6.52. The first-order chi connectivity index (χ1) is 13.4. The third-order valence-corrected chi connectivity index (χ3v) is 4.53. The van der Waals surface area contributed by atoms with Crippen LogP contribution in [0.25, 0.3) is 10.9 Å². The number of nitrogens with one attached hydrogen (secondary N) is 1. The second-order valence-corrected chi connectivity index (χ2v) is 6.52. The van der Waals surface area contributed by atoms with Crippen molar-refractivity contribution in [2.75, 3.05) is 26.1 Å². The number of methoxy groups -OCH3 is 2. The average Bonchev–Trinajstić information content (AvgIpc) is 2.67. The first-order valence-corrected chi connectivity index (χ1v) is 8.90. The molecule has 1 amide bonds. The van der Waals surface area contributed by atoms with E-state index in [1.54, 1.807) is 50.1 Å². The van der Waals surface area contributed by atoms with Crippen LogP contribution in [-0.4, -0.2) is 36.3 Å². The van der Waals surface area contributed by atoms with Crippen LogP contribution < -0.4 is 15.6 Å². The zero-order valence-electron chi connectivity index (χ0n) is 16.4. The number of nitrogens with zero attached hydrogens (tertiary/aromatic N) is 2. The Labute approximate surface area is 162 Å². The summed E-state index contributed by atoms with van der Waals surface area (Å²) >= 11 is 0. The molecule has 7 heteroatoms. The summed E-state index contributed by atoms with van der Waals surface area (Å²) in [4.78, 5) is 30.1. The number of fused-ring (bicyclic) bond motifs is 1. The lowest BCUT2D eigenvalue weighted by atomic mass is 10.1. The smallest absolute Gasteiger partial charge is 0.260 e. The van der Waals surface area contributed by atoms with Gasteiger partial charge in [-0.05, 0) is 43.7 Å². The maximum absolute atomic E-state index is 12.9. The number of aromatic nitrogens is 2. The summed E-state index contributed by atoms with van der Waals surface area (Å²) in [5.74, 6) is 0.217. The maximum Gasteiger partial charge on any atom is 0.260 e. The van der Waals surface area contributed by atoms with Gasteiger partial charge in [0.2, 0.25) is 0 Å². The summed E-state index contributed by atoms with van der Waals surface area (Å²) in [6.45, 7) is 4.53.